The van der Waals surface area contributed by atoms with E-state index in [1.807, 2.05) is 30.3 Å². The number of hydrogen-bond donors (Lipinski definition) is 0. The molecule has 0 atom stereocenters. The van der Waals surface area contributed by atoms with Gasteiger partial charge in [0.25, 0.3) is 0 Å². The van der Waals surface area contributed by atoms with Crippen molar-refractivity contribution < 1.29 is 9.53 Å². The Morgan fingerprint density at radius 1 is 1.33 bits per heavy atom. The number of hydrogen-bond acceptors (Lipinski definition) is 2. The first-order valence-corrected chi connectivity index (χ1v) is 3.68. The van der Waals surface area contributed by atoms with Crippen molar-refractivity contribution in [1.82, 2.24) is 0 Å². The number of allylic oxidation sites excluding steroid dienone is 1. The summed E-state index contributed by atoms with van der Waals surface area (Å²) in [5.41, 5.74) is 0. The predicted molar refractivity (Wildman–Crippen MR) is 46.9 cm³/mol. The van der Waals surface area contributed by atoms with Crippen molar-refractivity contribution in [1.29, 1.82) is 0 Å². The van der Waals surface area contributed by atoms with E-state index < -0.39 is 0 Å². The third-order valence-electron chi connectivity index (χ3n) is 1.25. The molecule has 0 bridgehead atoms. The zero-order valence-corrected chi connectivity index (χ0v) is 6.86. The fourth-order valence-electron chi connectivity index (χ4n) is 0.707. The molecule has 0 aliphatic heterocycles. The van der Waals surface area contributed by atoms with Crippen LogP contribution in [0, 0.1) is 0 Å². The molecular weight excluding hydrogens is 152 g/mol. The summed E-state index contributed by atoms with van der Waals surface area (Å²) < 4.78 is 5.12. The summed E-state index contributed by atoms with van der Waals surface area (Å²) in [7, 11) is 0. The number of para-hydroxylation sites is 1. The largest absolute Gasteiger partial charge is 0.465 e. The normalized spacial score (nSPS) is 10.1. The average molecular weight is 162 g/mol. The lowest BCUT2D eigenvalue weighted by Gasteiger charge is -1.96. The first-order chi connectivity index (χ1) is 5.79. The Bertz CT molecular complexity index is 275. The third kappa shape index (κ3) is 3.01. The second-order valence-electron chi connectivity index (χ2n) is 2.34. The van der Waals surface area contributed by atoms with Crippen molar-refractivity contribution >= 4 is 5.78 Å². The van der Waals surface area contributed by atoms with E-state index in [0.717, 1.165) is 5.75 Å². The SMILES string of the molecule is CC(=O)C=COc1ccccc1. The Kier molecular flexibility index (Phi) is 3.08. The second kappa shape index (κ2) is 4.34. The summed E-state index contributed by atoms with van der Waals surface area (Å²) >= 11 is 0. The molecule has 1 aromatic rings. The van der Waals surface area contributed by atoms with E-state index >= 15 is 0 Å². The van der Waals surface area contributed by atoms with Crippen LogP contribution >= 0.6 is 0 Å². The molecule has 0 heterocycles. The predicted octanol–water partition coefficient (Wildman–Crippen LogP) is 2.17. The molecule has 12 heavy (non-hydrogen) atoms. The summed E-state index contributed by atoms with van der Waals surface area (Å²) in [5.74, 6) is 0.709. The molecule has 0 aromatic heterocycles. The van der Waals surface area contributed by atoms with Crippen LogP contribution < -0.4 is 4.74 Å². The van der Waals surface area contributed by atoms with Gasteiger partial charge in [-0.25, -0.2) is 0 Å². The molecule has 0 saturated carbocycles. The van der Waals surface area contributed by atoms with Crippen LogP contribution in [-0.4, -0.2) is 5.78 Å². The molecule has 2 heteroatoms. The molecular formula is C10H10O2. The van der Waals surface area contributed by atoms with Crippen LogP contribution in [0.25, 0.3) is 0 Å². The molecule has 2 nitrogen and oxygen atoms in total. The van der Waals surface area contributed by atoms with Gasteiger partial charge < -0.3 is 4.74 Å². The lowest BCUT2D eigenvalue weighted by Crippen LogP contribution is -1.85. The summed E-state index contributed by atoms with van der Waals surface area (Å²) in [6, 6.07) is 9.30. The van der Waals surface area contributed by atoms with Gasteiger partial charge in [0.2, 0.25) is 0 Å². The standard InChI is InChI=1S/C10H10O2/c1-9(11)7-8-12-10-5-3-2-4-6-10/h2-8H,1H3. The molecule has 0 saturated heterocycles. The van der Waals surface area contributed by atoms with Gasteiger partial charge in [-0.05, 0) is 19.1 Å². The van der Waals surface area contributed by atoms with Gasteiger partial charge in [0, 0.05) is 6.08 Å². The van der Waals surface area contributed by atoms with Gasteiger partial charge in [-0.15, -0.1) is 0 Å². The summed E-state index contributed by atoms with van der Waals surface area (Å²) in [6.07, 6.45) is 2.77. The van der Waals surface area contributed by atoms with E-state index in [4.69, 9.17) is 4.74 Å². The molecule has 0 radical (unpaired) electrons. The highest BCUT2D eigenvalue weighted by Crippen LogP contribution is 2.07. The Labute approximate surface area is 71.5 Å². The molecule has 62 valence electrons. The molecule has 0 fully saturated rings. The van der Waals surface area contributed by atoms with Crippen molar-refractivity contribution in [3.63, 3.8) is 0 Å². The minimum Gasteiger partial charge on any atom is -0.465 e. The number of rotatable bonds is 3. The molecule has 0 aliphatic carbocycles. The first-order valence-electron chi connectivity index (χ1n) is 3.68. The van der Waals surface area contributed by atoms with Crippen molar-refractivity contribution in [2.75, 3.05) is 0 Å². The maximum Gasteiger partial charge on any atom is 0.155 e. The average Bonchev–Trinajstić information content (AvgIpc) is 2.05. The Hall–Kier alpha value is -1.57. The minimum absolute atomic E-state index is 0.0223. The van der Waals surface area contributed by atoms with Crippen LogP contribution in [0.1, 0.15) is 6.92 Å². The van der Waals surface area contributed by atoms with Gasteiger partial charge in [-0.3, -0.25) is 4.79 Å². The van der Waals surface area contributed by atoms with Crippen LogP contribution in [-0.2, 0) is 4.79 Å². The van der Waals surface area contributed by atoms with Crippen molar-refractivity contribution in [3.8, 4) is 5.75 Å². The van der Waals surface area contributed by atoms with E-state index in [2.05, 4.69) is 0 Å². The van der Waals surface area contributed by atoms with Gasteiger partial charge in [-0.2, -0.15) is 0 Å². The Morgan fingerprint density at radius 3 is 2.58 bits per heavy atom. The van der Waals surface area contributed by atoms with E-state index in [9.17, 15) is 4.79 Å². The van der Waals surface area contributed by atoms with Crippen LogP contribution in [0.15, 0.2) is 42.7 Å². The molecule has 1 rings (SSSR count). The number of benzene rings is 1. The molecule has 0 spiro atoms. The van der Waals surface area contributed by atoms with Gasteiger partial charge in [0.1, 0.15) is 5.75 Å². The topological polar surface area (TPSA) is 26.3 Å². The first kappa shape index (κ1) is 8.53. The Morgan fingerprint density at radius 2 is 2.00 bits per heavy atom. The van der Waals surface area contributed by atoms with Crippen LogP contribution in [0.3, 0.4) is 0 Å². The quantitative estimate of drug-likeness (QED) is 0.503. The van der Waals surface area contributed by atoms with Crippen molar-refractivity contribution in [2.24, 2.45) is 0 Å². The summed E-state index contributed by atoms with van der Waals surface area (Å²) in [5, 5.41) is 0. The number of ether oxygens (including phenoxy) is 1. The summed E-state index contributed by atoms with van der Waals surface area (Å²) in [6.45, 7) is 1.48. The molecule has 0 amide bonds. The molecule has 0 unspecified atom stereocenters. The monoisotopic (exact) mass is 162 g/mol. The van der Waals surface area contributed by atoms with Gasteiger partial charge in [0.05, 0.1) is 6.26 Å². The van der Waals surface area contributed by atoms with Gasteiger partial charge in [0.15, 0.2) is 5.78 Å². The zero-order chi connectivity index (χ0) is 8.81. The fourth-order valence-corrected chi connectivity index (χ4v) is 0.707. The van der Waals surface area contributed by atoms with Gasteiger partial charge >= 0.3 is 0 Å². The smallest absolute Gasteiger partial charge is 0.155 e. The van der Waals surface area contributed by atoms with E-state index in [0.29, 0.717) is 0 Å². The van der Waals surface area contributed by atoms with E-state index in [-0.39, 0.29) is 5.78 Å². The zero-order valence-electron chi connectivity index (χ0n) is 6.86. The highest BCUT2D eigenvalue weighted by molar-refractivity contribution is 5.86. The maximum atomic E-state index is 10.5. The highest BCUT2D eigenvalue weighted by atomic mass is 16.5. The van der Waals surface area contributed by atoms with Crippen LogP contribution in [0.5, 0.6) is 5.75 Å². The highest BCUT2D eigenvalue weighted by Gasteiger charge is 1.86. The van der Waals surface area contributed by atoms with Crippen molar-refractivity contribution in [2.45, 2.75) is 6.92 Å². The van der Waals surface area contributed by atoms with Crippen LogP contribution in [0.2, 0.25) is 0 Å². The van der Waals surface area contributed by atoms with Crippen molar-refractivity contribution in [3.05, 3.63) is 42.7 Å². The van der Waals surface area contributed by atoms with Crippen LogP contribution in [0.4, 0.5) is 0 Å². The number of carbonyl (C=O) groups excluding carboxylic acids is 1. The van der Waals surface area contributed by atoms with Gasteiger partial charge in [-0.1, -0.05) is 18.2 Å². The molecule has 0 N–H and O–H groups in total. The Balaban J connectivity index is 2.49. The second-order valence-corrected chi connectivity index (χ2v) is 2.34. The van der Waals surface area contributed by atoms with E-state index in [1.165, 1.54) is 19.3 Å². The van der Waals surface area contributed by atoms with E-state index in [1.54, 1.807) is 0 Å². The maximum absolute atomic E-state index is 10.5. The fraction of sp³-hybridized carbons (Fsp3) is 0.100. The summed E-state index contributed by atoms with van der Waals surface area (Å²) in [4.78, 5) is 10.5. The molecule has 1 aromatic carbocycles. The number of ketones is 1. The number of carbonyl (C=O) groups is 1. The lowest BCUT2D eigenvalue weighted by atomic mass is 10.3. The lowest BCUT2D eigenvalue weighted by molar-refractivity contribution is -0.112. The molecule has 0 aliphatic rings. The minimum atomic E-state index is -0.0223. The third-order valence-corrected chi connectivity index (χ3v) is 1.25.